The molecule has 0 bridgehead atoms. The number of hydrogen-bond acceptors (Lipinski definition) is 4. The maximum Gasteiger partial charge on any atom is 0.240 e. The molecule has 6 nitrogen and oxygen atoms in total. The summed E-state index contributed by atoms with van der Waals surface area (Å²) in [6.07, 6.45) is -1.57. The van der Waals surface area contributed by atoms with Gasteiger partial charge in [0.25, 0.3) is 0 Å². The van der Waals surface area contributed by atoms with Gasteiger partial charge in [0, 0.05) is 6.92 Å². The molecule has 2 amide bonds. The van der Waals surface area contributed by atoms with Crippen molar-refractivity contribution in [1.29, 1.82) is 0 Å². The zero-order valence-electron chi connectivity index (χ0n) is 8.28. The van der Waals surface area contributed by atoms with Crippen molar-refractivity contribution in [3.05, 3.63) is 0 Å². The van der Waals surface area contributed by atoms with Crippen LogP contribution in [0.4, 0.5) is 0 Å². The summed E-state index contributed by atoms with van der Waals surface area (Å²) in [5, 5.41) is 18.1. The molecular formula is C8H16N2O4. The number of nitrogens with one attached hydrogen (secondary N) is 2. The first kappa shape index (κ1) is 12.9. The number of carbonyl (C=O) groups is 2. The molecule has 0 aromatic heterocycles. The molecule has 0 unspecified atom stereocenters. The van der Waals surface area contributed by atoms with E-state index in [0.717, 1.165) is 0 Å². The topological polar surface area (TPSA) is 98.7 Å². The van der Waals surface area contributed by atoms with Crippen molar-refractivity contribution in [2.24, 2.45) is 0 Å². The average molecular weight is 204 g/mol. The van der Waals surface area contributed by atoms with E-state index in [1.54, 1.807) is 0 Å². The highest BCUT2D eigenvalue weighted by Crippen LogP contribution is 2.01. The normalized spacial score (nSPS) is 14.3. The first-order valence-corrected chi connectivity index (χ1v) is 4.33. The van der Waals surface area contributed by atoms with Gasteiger partial charge in [0.15, 0.2) is 0 Å². The van der Waals surface area contributed by atoms with Gasteiger partial charge in [0.1, 0.15) is 0 Å². The summed E-state index contributed by atoms with van der Waals surface area (Å²) in [6.45, 7) is 2.78. The third kappa shape index (κ3) is 7.51. The third-order valence-corrected chi connectivity index (χ3v) is 1.41. The second kappa shape index (κ2) is 6.33. The minimum atomic E-state index is -0.899. The van der Waals surface area contributed by atoms with Crippen molar-refractivity contribution in [2.75, 3.05) is 0 Å². The van der Waals surface area contributed by atoms with E-state index in [0.29, 0.717) is 0 Å². The van der Waals surface area contributed by atoms with Gasteiger partial charge in [-0.3, -0.25) is 20.4 Å². The second-order valence-electron chi connectivity index (χ2n) is 3.17. The van der Waals surface area contributed by atoms with E-state index in [4.69, 9.17) is 5.11 Å². The Morgan fingerprint density at radius 1 is 1.29 bits per heavy atom. The summed E-state index contributed by atoms with van der Waals surface area (Å²) in [5.74, 6) is -0.878. The highest BCUT2D eigenvalue weighted by atomic mass is 16.3. The lowest BCUT2D eigenvalue weighted by Gasteiger charge is -2.12. The Balaban J connectivity index is 3.65. The molecule has 0 rings (SSSR count). The van der Waals surface area contributed by atoms with Crippen molar-refractivity contribution in [2.45, 2.75) is 38.9 Å². The van der Waals surface area contributed by atoms with Crippen molar-refractivity contribution < 1.29 is 19.8 Å². The standard InChI is InChI=1S/C8H16N2O4/c1-5(11)3-7(13)4-8(14)10-9-6(2)12/h5,7,11,13H,3-4H2,1-2H3,(H,9,12)(H,10,14)/t5-,7+/m1/s1. The van der Waals surface area contributed by atoms with Gasteiger partial charge in [0.05, 0.1) is 18.6 Å². The quantitative estimate of drug-likeness (QED) is 0.427. The van der Waals surface area contributed by atoms with Crippen LogP contribution >= 0.6 is 0 Å². The van der Waals surface area contributed by atoms with E-state index in [1.807, 2.05) is 0 Å². The highest BCUT2D eigenvalue weighted by Gasteiger charge is 2.12. The maximum atomic E-state index is 11.0. The van der Waals surface area contributed by atoms with Crippen LogP contribution in [-0.4, -0.2) is 34.2 Å². The van der Waals surface area contributed by atoms with Gasteiger partial charge in [0.2, 0.25) is 11.8 Å². The third-order valence-electron chi connectivity index (χ3n) is 1.41. The van der Waals surface area contributed by atoms with Gasteiger partial charge in [-0.2, -0.15) is 0 Å². The number of aliphatic hydroxyl groups is 2. The predicted octanol–water partition coefficient (Wildman–Crippen LogP) is -1.32. The minimum absolute atomic E-state index is 0.132. The number of hydrazine groups is 1. The van der Waals surface area contributed by atoms with E-state index < -0.39 is 18.1 Å². The predicted molar refractivity (Wildman–Crippen MR) is 48.9 cm³/mol. The van der Waals surface area contributed by atoms with Crippen molar-refractivity contribution in [3.63, 3.8) is 0 Å². The van der Waals surface area contributed by atoms with Crippen LogP contribution in [0.5, 0.6) is 0 Å². The first-order chi connectivity index (χ1) is 6.41. The Bertz CT molecular complexity index is 206. The van der Waals surface area contributed by atoms with Gasteiger partial charge < -0.3 is 10.2 Å². The lowest BCUT2D eigenvalue weighted by atomic mass is 10.1. The van der Waals surface area contributed by atoms with Crippen LogP contribution in [0.15, 0.2) is 0 Å². The molecule has 0 aromatic carbocycles. The van der Waals surface area contributed by atoms with Crippen LogP contribution in [-0.2, 0) is 9.59 Å². The zero-order valence-corrected chi connectivity index (χ0v) is 8.28. The number of carbonyl (C=O) groups excluding carboxylic acids is 2. The molecule has 0 saturated carbocycles. The second-order valence-corrected chi connectivity index (χ2v) is 3.17. The molecule has 0 saturated heterocycles. The van der Waals surface area contributed by atoms with Crippen molar-refractivity contribution >= 4 is 11.8 Å². The number of amides is 2. The smallest absolute Gasteiger partial charge is 0.240 e. The minimum Gasteiger partial charge on any atom is -0.393 e. The maximum absolute atomic E-state index is 11.0. The molecule has 0 fully saturated rings. The molecule has 0 radical (unpaired) electrons. The molecule has 0 spiro atoms. The van der Waals surface area contributed by atoms with Crippen LogP contribution in [0.1, 0.15) is 26.7 Å². The van der Waals surface area contributed by atoms with Gasteiger partial charge in [-0.15, -0.1) is 0 Å². The number of aliphatic hydroxyl groups excluding tert-OH is 2. The zero-order chi connectivity index (χ0) is 11.1. The Hall–Kier alpha value is -1.14. The van der Waals surface area contributed by atoms with Crippen molar-refractivity contribution in [3.8, 4) is 0 Å². The number of rotatable bonds is 4. The van der Waals surface area contributed by atoms with Gasteiger partial charge in [-0.05, 0) is 13.3 Å². The Labute approximate surface area is 82.3 Å². The van der Waals surface area contributed by atoms with Crippen LogP contribution in [0, 0.1) is 0 Å². The summed E-state index contributed by atoms with van der Waals surface area (Å²) in [6, 6.07) is 0. The first-order valence-electron chi connectivity index (χ1n) is 4.33. The fourth-order valence-corrected chi connectivity index (χ4v) is 0.900. The van der Waals surface area contributed by atoms with E-state index in [2.05, 4.69) is 10.9 Å². The van der Waals surface area contributed by atoms with Crippen molar-refractivity contribution in [1.82, 2.24) is 10.9 Å². The molecule has 4 N–H and O–H groups in total. The molecule has 0 aliphatic carbocycles. The summed E-state index contributed by atoms with van der Waals surface area (Å²) >= 11 is 0. The summed E-state index contributed by atoms with van der Waals surface area (Å²) in [4.78, 5) is 21.4. The summed E-state index contributed by atoms with van der Waals surface area (Å²) < 4.78 is 0. The monoisotopic (exact) mass is 204 g/mol. The molecule has 0 aliphatic rings. The largest absolute Gasteiger partial charge is 0.393 e. The van der Waals surface area contributed by atoms with E-state index in [1.165, 1.54) is 13.8 Å². The molecule has 82 valence electrons. The molecule has 2 atom stereocenters. The average Bonchev–Trinajstić information content (AvgIpc) is 1.98. The molecule has 6 heteroatoms. The fraction of sp³-hybridized carbons (Fsp3) is 0.750. The molecule has 0 aliphatic heterocycles. The molecule has 0 heterocycles. The van der Waals surface area contributed by atoms with E-state index in [-0.39, 0.29) is 18.7 Å². The summed E-state index contributed by atoms with van der Waals surface area (Å²) in [5.41, 5.74) is 4.20. The lowest BCUT2D eigenvalue weighted by Crippen LogP contribution is -2.41. The Morgan fingerprint density at radius 2 is 1.86 bits per heavy atom. The lowest BCUT2D eigenvalue weighted by molar-refractivity contribution is -0.129. The van der Waals surface area contributed by atoms with Crippen LogP contribution in [0.2, 0.25) is 0 Å². The number of hydrogen-bond donors (Lipinski definition) is 4. The van der Waals surface area contributed by atoms with E-state index in [9.17, 15) is 14.7 Å². The molecule has 14 heavy (non-hydrogen) atoms. The SMILES string of the molecule is CC(=O)NNC(=O)C[C@@H](O)C[C@@H](C)O. The van der Waals surface area contributed by atoms with Crippen LogP contribution in [0.25, 0.3) is 0 Å². The molecule has 0 aromatic rings. The van der Waals surface area contributed by atoms with Crippen LogP contribution < -0.4 is 10.9 Å². The van der Waals surface area contributed by atoms with Crippen LogP contribution in [0.3, 0.4) is 0 Å². The summed E-state index contributed by atoms with van der Waals surface area (Å²) in [7, 11) is 0. The van der Waals surface area contributed by atoms with Gasteiger partial charge in [-0.1, -0.05) is 0 Å². The highest BCUT2D eigenvalue weighted by molar-refractivity contribution is 5.80. The van der Waals surface area contributed by atoms with E-state index >= 15 is 0 Å². The van der Waals surface area contributed by atoms with Gasteiger partial charge >= 0.3 is 0 Å². The Morgan fingerprint density at radius 3 is 2.29 bits per heavy atom. The fourth-order valence-electron chi connectivity index (χ4n) is 0.900. The Kier molecular flexibility index (Phi) is 5.82. The molecular weight excluding hydrogens is 188 g/mol. The van der Waals surface area contributed by atoms with Gasteiger partial charge in [-0.25, -0.2) is 0 Å².